The van der Waals surface area contributed by atoms with Crippen molar-refractivity contribution in [1.82, 2.24) is 9.97 Å². The molecule has 1 saturated heterocycles. The standard InChI is InChI=1S/C16H22BN3O2/c1-10-4-14-15(5-11(10)2)18-9-19-16(14)20-7-13(8-20)12(3)6-17(21)22/h4-5,9,12-13,21-22H,6-8H2,1-3H3. The quantitative estimate of drug-likeness (QED) is 0.842. The topological polar surface area (TPSA) is 69.5 Å². The summed E-state index contributed by atoms with van der Waals surface area (Å²) in [6.07, 6.45) is 2.06. The van der Waals surface area contributed by atoms with Crippen molar-refractivity contribution in [2.75, 3.05) is 18.0 Å². The highest BCUT2D eigenvalue weighted by Gasteiger charge is 2.34. The van der Waals surface area contributed by atoms with E-state index < -0.39 is 7.12 Å². The zero-order chi connectivity index (χ0) is 15.9. The maximum Gasteiger partial charge on any atom is 0.451 e. The first-order chi connectivity index (χ1) is 10.5. The fourth-order valence-corrected chi connectivity index (χ4v) is 3.12. The molecule has 2 heterocycles. The summed E-state index contributed by atoms with van der Waals surface area (Å²) in [5, 5.41) is 19.3. The van der Waals surface area contributed by atoms with Crippen molar-refractivity contribution in [1.29, 1.82) is 0 Å². The van der Waals surface area contributed by atoms with Gasteiger partial charge >= 0.3 is 7.12 Å². The van der Waals surface area contributed by atoms with Crippen LogP contribution in [-0.2, 0) is 0 Å². The van der Waals surface area contributed by atoms with Crippen molar-refractivity contribution in [3.8, 4) is 0 Å². The van der Waals surface area contributed by atoms with Gasteiger partial charge in [0.2, 0.25) is 0 Å². The van der Waals surface area contributed by atoms with Crippen LogP contribution in [0.1, 0.15) is 18.1 Å². The summed E-state index contributed by atoms with van der Waals surface area (Å²) in [6.45, 7) is 8.10. The molecule has 6 heteroatoms. The number of anilines is 1. The van der Waals surface area contributed by atoms with E-state index in [4.69, 9.17) is 10.0 Å². The van der Waals surface area contributed by atoms with Crippen molar-refractivity contribution in [2.24, 2.45) is 11.8 Å². The molecular weight excluding hydrogens is 277 g/mol. The van der Waals surface area contributed by atoms with Gasteiger partial charge in [-0.1, -0.05) is 6.92 Å². The van der Waals surface area contributed by atoms with Gasteiger partial charge in [0.25, 0.3) is 0 Å². The van der Waals surface area contributed by atoms with Gasteiger partial charge in [-0.2, -0.15) is 0 Å². The summed E-state index contributed by atoms with van der Waals surface area (Å²) in [4.78, 5) is 11.1. The molecule has 1 aliphatic rings. The molecule has 0 spiro atoms. The van der Waals surface area contributed by atoms with Gasteiger partial charge in [0.05, 0.1) is 5.52 Å². The van der Waals surface area contributed by atoms with Crippen LogP contribution in [0.15, 0.2) is 18.5 Å². The predicted molar refractivity (Wildman–Crippen MR) is 88.9 cm³/mol. The molecule has 1 aliphatic heterocycles. The third-order valence-electron chi connectivity index (χ3n) is 4.83. The van der Waals surface area contributed by atoms with E-state index in [0.29, 0.717) is 18.2 Å². The minimum absolute atomic E-state index is 0.299. The first-order valence-corrected chi connectivity index (χ1v) is 7.78. The second kappa shape index (κ2) is 5.86. The molecule has 0 amide bonds. The molecule has 2 aromatic rings. The molecule has 0 bridgehead atoms. The fraction of sp³-hybridized carbons (Fsp3) is 0.500. The smallest absolute Gasteiger partial charge is 0.427 e. The summed E-state index contributed by atoms with van der Waals surface area (Å²) >= 11 is 0. The second-order valence-corrected chi connectivity index (χ2v) is 6.51. The number of benzene rings is 1. The van der Waals surface area contributed by atoms with E-state index in [1.54, 1.807) is 6.33 Å². The highest BCUT2D eigenvalue weighted by atomic mass is 16.4. The summed E-state index contributed by atoms with van der Waals surface area (Å²) in [6, 6.07) is 4.27. The molecule has 5 nitrogen and oxygen atoms in total. The number of hydrogen-bond donors (Lipinski definition) is 2. The SMILES string of the molecule is Cc1cc2ncnc(N3CC(C(C)CB(O)O)C3)c2cc1C. The van der Waals surface area contributed by atoms with Crippen molar-refractivity contribution in [3.05, 3.63) is 29.6 Å². The molecule has 116 valence electrons. The monoisotopic (exact) mass is 299 g/mol. The van der Waals surface area contributed by atoms with E-state index in [1.165, 1.54) is 11.1 Å². The van der Waals surface area contributed by atoms with Gasteiger partial charge in [-0.15, -0.1) is 0 Å². The van der Waals surface area contributed by atoms with Crippen LogP contribution < -0.4 is 4.90 Å². The summed E-state index contributed by atoms with van der Waals surface area (Å²) in [5.41, 5.74) is 3.47. The maximum atomic E-state index is 9.09. The molecule has 1 atom stereocenters. The van der Waals surface area contributed by atoms with Gasteiger partial charge in [0.1, 0.15) is 12.1 Å². The lowest BCUT2D eigenvalue weighted by atomic mass is 9.72. The van der Waals surface area contributed by atoms with E-state index in [9.17, 15) is 0 Å². The predicted octanol–water partition coefficient (Wildman–Crippen LogP) is 1.79. The lowest BCUT2D eigenvalue weighted by molar-refractivity contribution is 0.288. The van der Waals surface area contributed by atoms with Crippen LogP contribution in [-0.4, -0.2) is 40.2 Å². The van der Waals surface area contributed by atoms with Crippen molar-refractivity contribution in [2.45, 2.75) is 27.1 Å². The molecule has 0 aliphatic carbocycles. The Kier molecular flexibility index (Phi) is 4.06. The molecule has 1 aromatic carbocycles. The molecule has 3 rings (SSSR count). The molecule has 1 unspecified atom stereocenters. The Morgan fingerprint density at radius 2 is 1.91 bits per heavy atom. The Hall–Kier alpha value is -1.66. The summed E-state index contributed by atoms with van der Waals surface area (Å²) in [7, 11) is -1.21. The number of hydrogen-bond acceptors (Lipinski definition) is 5. The Bertz CT molecular complexity index is 686. The molecule has 1 fully saturated rings. The summed E-state index contributed by atoms with van der Waals surface area (Å²) < 4.78 is 0. The van der Waals surface area contributed by atoms with E-state index in [1.807, 2.05) is 0 Å². The van der Waals surface area contributed by atoms with Gasteiger partial charge in [0.15, 0.2) is 0 Å². The van der Waals surface area contributed by atoms with Crippen LogP contribution in [0, 0.1) is 25.7 Å². The van der Waals surface area contributed by atoms with Gasteiger partial charge < -0.3 is 14.9 Å². The maximum absolute atomic E-state index is 9.09. The minimum atomic E-state index is -1.21. The molecule has 0 saturated carbocycles. The van der Waals surface area contributed by atoms with Crippen LogP contribution in [0.3, 0.4) is 0 Å². The molecule has 1 aromatic heterocycles. The lowest BCUT2D eigenvalue weighted by Gasteiger charge is -2.43. The third-order valence-corrected chi connectivity index (χ3v) is 4.83. The zero-order valence-electron chi connectivity index (χ0n) is 13.3. The highest BCUT2D eigenvalue weighted by molar-refractivity contribution is 6.41. The normalized spacial score (nSPS) is 16.7. The second-order valence-electron chi connectivity index (χ2n) is 6.51. The van der Waals surface area contributed by atoms with Crippen molar-refractivity contribution in [3.63, 3.8) is 0 Å². The Morgan fingerprint density at radius 1 is 1.23 bits per heavy atom. The Morgan fingerprint density at radius 3 is 2.59 bits per heavy atom. The zero-order valence-corrected chi connectivity index (χ0v) is 13.3. The van der Waals surface area contributed by atoms with Gasteiger partial charge in [-0.05, 0) is 55.3 Å². The van der Waals surface area contributed by atoms with Crippen molar-refractivity contribution >= 4 is 23.8 Å². The van der Waals surface area contributed by atoms with Gasteiger partial charge in [0, 0.05) is 18.5 Å². The van der Waals surface area contributed by atoms with Crippen LogP contribution in [0.2, 0.25) is 6.32 Å². The fourth-order valence-electron chi connectivity index (χ4n) is 3.12. The van der Waals surface area contributed by atoms with Crippen LogP contribution in [0.5, 0.6) is 0 Å². The van der Waals surface area contributed by atoms with Crippen LogP contribution in [0.4, 0.5) is 5.82 Å². The third kappa shape index (κ3) is 2.81. The first-order valence-electron chi connectivity index (χ1n) is 7.78. The number of fused-ring (bicyclic) bond motifs is 1. The van der Waals surface area contributed by atoms with E-state index >= 15 is 0 Å². The Balaban J connectivity index is 1.80. The van der Waals surface area contributed by atoms with E-state index in [2.05, 4.69) is 47.8 Å². The number of aryl methyl sites for hydroxylation is 2. The van der Waals surface area contributed by atoms with E-state index in [0.717, 1.165) is 29.8 Å². The molecule has 2 N–H and O–H groups in total. The Labute approximate surface area is 131 Å². The van der Waals surface area contributed by atoms with Gasteiger partial charge in [-0.25, -0.2) is 9.97 Å². The van der Waals surface area contributed by atoms with Gasteiger partial charge in [-0.3, -0.25) is 0 Å². The summed E-state index contributed by atoms with van der Waals surface area (Å²) in [5.74, 6) is 1.77. The molecule has 0 radical (unpaired) electrons. The van der Waals surface area contributed by atoms with Crippen molar-refractivity contribution < 1.29 is 10.0 Å². The number of nitrogens with zero attached hydrogens (tertiary/aromatic N) is 3. The van der Waals surface area contributed by atoms with Crippen LogP contribution in [0.25, 0.3) is 10.9 Å². The van der Waals surface area contributed by atoms with E-state index in [-0.39, 0.29) is 0 Å². The molecule has 22 heavy (non-hydrogen) atoms. The average Bonchev–Trinajstić information content (AvgIpc) is 2.38. The average molecular weight is 299 g/mol. The highest BCUT2D eigenvalue weighted by Crippen LogP contribution is 2.34. The largest absolute Gasteiger partial charge is 0.451 e. The minimum Gasteiger partial charge on any atom is -0.427 e. The first kappa shape index (κ1) is 15.2. The lowest BCUT2D eigenvalue weighted by Crippen LogP contribution is -2.50. The number of rotatable bonds is 4. The number of aromatic nitrogens is 2. The molecular formula is C16H22BN3O2. The van der Waals surface area contributed by atoms with Crippen LogP contribution >= 0.6 is 0 Å².